The first-order valence-corrected chi connectivity index (χ1v) is 13.2. The first-order valence-electron chi connectivity index (χ1n) is 13.2. The van der Waals surface area contributed by atoms with Gasteiger partial charge < -0.3 is 15.0 Å². The monoisotopic (exact) mass is 509 g/mol. The summed E-state index contributed by atoms with van der Waals surface area (Å²) >= 11 is 0. The van der Waals surface area contributed by atoms with Crippen molar-refractivity contribution in [3.05, 3.63) is 67.1 Å². The van der Waals surface area contributed by atoms with Crippen LogP contribution < -0.4 is 15.0 Å². The molecule has 0 saturated carbocycles. The molecule has 38 heavy (non-hydrogen) atoms. The average Bonchev–Trinajstić information content (AvgIpc) is 3.55. The van der Waals surface area contributed by atoms with Crippen molar-refractivity contribution in [1.29, 1.82) is 0 Å². The SMILES string of the molecule is CCOc1cc(-c2ccc(N3CCC(CC)(C(=O)Nc4ccccc4)CC3)nc2)c2c3cn[nH]c3nn2c1. The van der Waals surface area contributed by atoms with E-state index in [1.54, 1.807) is 6.20 Å². The fourth-order valence-corrected chi connectivity index (χ4v) is 5.43. The van der Waals surface area contributed by atoms with Crippen LogP contribution in [0.4, 0.5) is 11.5 Å². The fraction of sp³-hybridized carbons (Fsp3) is 0.310. The lowest BCUT2D eigenvalue weighted by molar-refractivity contribution is -0.127. The third-order valence-electron chi connectivity index (χ3n) is 7.71. The van der Waals surface area contributed by atoms with Gasteiger partial charge in [0, 0.05) is 36.1 Å². The number of carbonyl (C=O) groups excluding carboxylic acids is 1. The second kappa shape index (κ2) is 9.81. The van der Waals surface area contributed by atoms with Gasteiger partial charge >= 0.3 is 0 Å². The molecule has 0 atom stereocenters. The van der Waals surface area contributed by atoms with Crippen LogP contribution in [-0.4, -0.2) is 50.4 Å². The minimum atomic E-state index is -0.365. The maximum Gasteiger partial charge on any atom is 0.230 e. The Hall–Kier alpha value is -4.40. The van der Waals surface area contributed by atoms with Crippen LogP contribution >= 0.6 is 0 Å². The second-order valence-electron chi connectivity index (χ2n) is 9.79. The third kappa shape index (κ3) is 4.23. The lowest BCUT2D eigenvalue weighted by Gasteiger charge is -2.40. The van der Waals surface area contributed by atoms with Gasteiger partial charge in [0.1, 0.15) is 11.6 Å². The number of aromatic amines is 1. The van der Waals surface area contributed by atoms with Crippen molar-refractivity contribution in [1.82, 2.24) is 24.8 Å². The fourth-order valence-electron chi connectivity index (χ4n) is 5.43. The lowest BCUT2D eigenvalue weighted by atomic mass is 9.75. The number of carbonyl (C=O) groups is 1. The highest BCUT2D eigenvalue weighted by atomic mass is 16.5. The number of nitrogens with one attached hydrogen (secondary N) is 2. The highest BCUT2D eigenvalue weighted by molar-refractivity contribution is 6.01. The Morgan fingerprint density at radius 3 is 2.63 bits per heavy atom. The molecular formula is C29H31N7O2. The summed E-state index contributed by atoms with van der Waals surface area (Å²) in [5.41, 5.74) is 4.13. The number of piperidine rings is 1. The molecule has 4 aromatic heterocycles. The van der Waals surface area contributed by atoms with E-state index in [2.05, 4.69) is 44.6 Å². The summed E-state index contributed by atoms with van der Waals surface area (Å²) in [4.78, 5) is 20.3. The smallest absolute Gasteiger partial charge is 0.230 e. The zero-order valence-corrected chi connectivity index (χ0v) is 21.6. The van der Waals surface area contributed by atoms with E-state index < -0.39 is 0 Å². The van der Waals surface area contributed by atoms with Crippen LogP contribution in [0.25, 0.3) is 27.7 Å². The summed E-state index contributed by atoms with van der Waals surface area (Å²) in [5.74, 6) is 1.78. The van der Waals surface area contributed by atoms with Gasteiger partial charge in [0.15, 0.2) is 5.65 Å². The molecule has 9 heteroatoms. The van der Waals surface area contributed by atoms with Crippen molar-refractivity contribution in [2.45, 2.75) is 33.1 Å². The van der Waals surface area contributed by atoms with E-state index in [0.717, 1.165) is 77.3 Å². The Morgan fingerprint density at radius 2 is 1.92 bits per heavy atom. The molecule has 0 spiro atoms. The molecule has 1 saturated heterocycles. The van der Waals surface area contributed by atoms with E-state index in [4.69, 9.17) is 9.72 Å². The van der Waals surface area contributed by atoms with Crippen LogP contribution in [0.1, 0.15) is 33.1 Å². The van der Waals surface area contributed by atoms with E-state index in [1.165, 1.54) is 0 Å². The molecule has 9 nitrogen and oxygen atoms in total. The molecule has 6 rings (SSSR count). The molecule has 0 radical (unpaired) electrons. The number of ether oxygens (including phenoxy) is 1. The second-order valence-corrected chi connectivity index (χ2v) is 9.79. The van der Waals surface area contributed by atoms with Crippen molar-refractivity contribution in [2.24, 2.45) is 5.41 Å². The Bertz CT molecular complexity index is 1570. The predicted octanol–water partition coefficient (Wildman–Crippen LogP) is 5.31. The molecule has 0 aliphatic carbocycles. The van der Waals surface area contributed by atoms with Crippen LogP contribution in [0.15, 0.2) is 67.1 Å². The zero-order chi connectivity index (χ0) is 26.1. The lowest BCUT2D eigenvalue weighted by Crippen LogP contribution is -2.46. The molecule has 5 aromatic rings. The summed E-state index contributed by atoms with van der Waals surface area (Å²) < 4.78 is 7.65. The van der Waals surface area contributed by atoms with Crippen LogP contribution in [0, 0.1) is 5.41 Å². The average molecular weight is 510 g/mol. The summed E-state index contributed by atoms with van der Waals surface area (Å²) in [7, 11) is 0. The number of amides is 1. The molecule has 0 bridgehead atoms. The van der Waals surface area contributed by atoms with Gasteiger partial charge in [-0.25, -0.2) is 9.50 Å². The number of para-hydroxylation sites is 1. The van der Waals surface area contributed by atoms with Crippen LogP contribution in [0.2, 0.25) is 0 Å². The van der Waals surface area contributed by atoms with Crippen molar-refractivity contribution in [3.63, 3.8) is 0 Å². The van der Waals surface area contributed by atoms with Crippen molar-refractivity contribution >= 4 is 34.0 Å². The Morgan fingerprint density at radius 1 is 1.11 bits per heavy atom. The maximum absolute atomic E-state index is 13.2. The van der Waals surface area contributed by atoms with Crippen LogP contribution in [0.5, 0.6) is 5.75 Å². The molecule has 1 fully saturated rings. The van der Waals surface area contributed by atoms with E-state index in [9.17, 15) is 4.79 Å². The number of nitrogens with zero attached hydrogens (tertiary/aromatic N) is 5. The number of aromatic nitrogens is 5. The topological polar surface area (TPSA) is 100 Å². The first kappa shape index (κ1) is 24.0. The maximum atomic E-state index is 13.2. The summed E-state index contributed by atoms with van der Waals surface area (Å²) in [6, 6.07) is 15.9. The van der Waals surface area contributed by atoms with Gasteiger partial charge in [-0.05, 0) is 56.5 Å². The van der Waals surface area contributed by atoms with E-state index in [1.807, 2.05) is 60.2 Å². The Labute approximate surface area is 220 Å². The van der Waals surface area contributed by atoms with Gasteiger partial charge in [-0.15, -0.1) is 5.10 Å². The number of anilines is 2. The first-order chi connectivity index (χ1) is 18.6. The minimum Gasteiger partial charge on any atom is -0.492 e. The molecule has 194 valence electrons. The molecule has 1 amide bonds. The number of hydrogen-bond donors (Lipinski definition) is 2. The van der Waals surface area contributed by atoms with Gasteiger partial charge in [0.2, 0.25) is 5.91 Å². The standard InChI is InChI=1S/C29H31N7O2/c1-3-29(28(37)32-21-8-6-5-7-9-21)12-14-35(15-13-29)25-11-10-20(17-30-25)23-16-22(38-4-2)19-36-26(23)24-18-31-33-27(24)34-36/h5-11,16-19H,3-4,12-15H2,1-2H3,(H,32,37)(H,33,34). The van der Waals surface area contributed by atoms with Crippen LogP contribution in [0.3, 0.4) is 0 Å². The van der Waals surface area contributed by atoms with Crippen LogP contribution in [-0.2, 0) is 4.79 Å². The van der Waals surface area contributed by atoms with Crippen molar-refractivity contribution in [3.8, 4) is 16.9 Å². The number of rotatable bonds is 7. The van der Waals surface area contributed by atoms with E-state index >= 15 is 0 Å². The third-order valence-corrected chi connectivity index (χ3v) is 7.71. The van der Waals surface area contributed by atoms with Gasteiger partial charge in [-0.1, -0.05) is 25.1 Å². The number of pyridine rings is 2. The Kier molecular flexibility index (Phi) is 6.19. The molecular weight excluding hydrogens is 478 g/mol. The van der Waals surface area contributed by atoms with E-state index in [0.29, 0.717) is 6.61 Å². The summed E-state index contributed by atoms with van der Waals surface area (Å²) in [6.45, 7) is 6.21. The molecule has 0 unspecified atom stereocenters. The van der Waals surface area contributed by atoms with Crippen molar-refractivity contribution < 1.29 is 9.53 Å². The number of hydrogen-bond acceptors (Lipinski definition) is 6. The molecule has 2 N–H and O–H groups in total. The number of H-pyrrole nitrogens is 1. The summed E-state index contributed by atoms with van der Waals surface area (Å²) in [6.07, 6.45) is 7.98. The molecule has 1 aromatic carbocycles. The van der Waals surface area contributed by atoms with Gasteiger partial charge in [0.05, 0.1) is 35.3 Å². The van der Waals surface area contributed by atoms with E-state index in [-0.39, 0.29) is 11.3 Å². The Balaban J connectivity index is 1.22. The number of benzene rings is 1. The molecule has 5 heterocycles. The predicted molar refractivity (Wildman–Crippen MR) is 148 cm³/mol. The largest absolute Gasteiger partial charge is 0.492 e. The van der Waals surface area contributed by atoms with Crippen molar-refractivity contribution in [2.75, 3.05) is 29.9 Å². The normalized spacial score (nSPS) is 15.2. The zero-order valence-electron chi connectivity index (χ0n) is 21.6. The minimum absolute atomic E-state index is 0.110. The van der Waals surface area contributed by atoms with Gasteiger partial charge in [0.25, 0.3) is 0 Å². The summed E-state index contributed by atoms with van der Waals surface area (Å²) in [5, 5.41) is 15.8. The highest BCUT2D eigenvalue weighted by Gasteiger charge is 2.40. The van der Waals surface area contributed by atoms with Gasteiger partial charge in [-0.2, -0.15) is 5.10 Å². The molecule has 1 aliphatic rings. The van der Waals surface area contributed by atoms with Gasteiger partial charge in [-0.3, -0.25) is 9.89 Å². The molecule has 1 aliphatic heterocycles. The quantitative estimate of drug-likeness (QED) is 0.309. The number of fused-ring (bicyclic) bond motifs is 3. The highest BCUT2D eigenvalue weighted by Crippen LogP contribution is 2.38.